The molecule has 2 heterocycles. The molecule has 3 nitrogen and oxygen atoms in total. The van der Waals surface area contributed by atoms with Crippen molar-refractivity contribution in [2.45, 2.75) is 13.2 Å². The quantitative estimate of drug-likeness (QED) is 0.926. The monoisotopic (exact) mass is 268 g/mol. The van der Waals surface area contributed by atoms with E-state index in [2.05, 4.69) is 11.1 Å². The van der Waals surface area contributed by atoms with Gasteiger partial charge in [-0.05, 0) is 23.1 Å². The highest BCUT2D eigenvalue weighted by atomic mass is 35.5. The Hall–Kier alpha value is -1.10. The van der Waals surface area contributed by atoms with Crippen molar-refractivity contribution in [1.82, 2.24) is 4.98 Å². The molecule has 0 radical (unpaired) electrons. The van der Waals surface area contributed by atoms with E-state index < -0.39 is 0 Å². The lowest BCUT2D eigenvalue weighted by Gasteiger charge is -2.18. The molecule has 1 N–H and O–H groups in total. The molecule has 0 amide bonds. The Bertz CT molecular complexity index is 487. The third kappa shape index (κ3) is 2.97. The van der Waals surface area contributed by atoms with Crippen LogP contribution >= 0.6 is 22.9 Å². The summed E-state index contributed by atoms with van der Waals surface area (Å²) < 4.78 is 0. The van der Waals surface area contributed by atoms with Gasteiger partial charge in [0.15, 0.2) is 0 Å². The SMILES string of the molecule is CN(Cc1cccs1)c1ncc(CO)cc1Cl. The van der Waals surface area contributed by atoms with Crippen LogP contribution in [0.15, 0.2) is 29.8 Å². The molecule has 0 bridgehead atoms. The minimum absolute atomic E-state index is 0.0400. The summed E-state index contributed by atoms with van der Waals surface area (Å²) in [6.07, 6.45) is 1.64. The smallest absolute Gasteiger partial charge is 0.147 e. The van der Waals surface area contributed by atoms with Crippen molar-refractivity contribution >= 4 is 28.8 Å². The van der Waals surface area contributed by atoms with Crippen LogP contribution in [-0.2, 0) is 13.2 Å². The number of aliphatic hydroxyl groups is 1. The van der Waals surface area contributed by atoms with Crippen molar-refractivity contribution in [2.75, 3.05) is 11.9 Å². The van der Waals surface area contributed by atoms with Crippen molar-refractivity contribution in [3.05, 3.63) is 45.2 Å². The van der Waals surface area contributed by atoms with Gasteiger partial charge in [-0.2, -0.15) is 0 Å². The Morgan fingerprint density at radius 2 is 2.35 bits per heavy atom. The summed E-state index contributed by atoms with van der Waals surface area (Å²) in [5.41, 5.74) is 0.725. The number of aliphatic hydroxyl groups excluding tert-OH is 1. The van der Waals surface area contributed by atoms with E-state index in [0.29, 0.717) is 5.02 Å². The minimum Gasteiger partial charge on any atom is -0.392 e. The van der Waals surface area contributed by atoms with Gasteiger partial charge in [0.2, 0.25) is 0 Å². The molecule has 0 aliphatic rings. The summed E-state index contributed by atoms with van der Waals surface area (Å²) in [7, 11) is 1.95. The summed E-state index contributed by atoms with van der Waals surface area (Å²) >= 11 is 7.84. The van der Waals surface area contributed by atoms with Crippen LogP contribution in [0, 0.1) is 0 Å². The highest BCUT2D eigenvalue weighted by Crippen LogP contribution is 2.25. The number of pyridine rings is 1. The molecule has 0 aliphatic carbocycles. The molecule has 2 aromatic heterocycles. The Morgan fingerprint density at radius 1 is 1.53 bits per heavy atom. The summed E-state index contributed by atoms with van der Waals surface area (Å²) in [5.74, 6) is 0.734. The van der Waals surface area contributed by atoms with Crippen molar-refractivity contribution in [1.29, 1.82) is 0 Å². The maximum atomic E-state index is 8.99. The number of hydrogen-bond donors (Lipinski definition) is 1. The highest BCUT2D eigenvalue weighted by molar-refractivity contribution is 7.09. The second-order valence-corrected chi connectivity index (χ2v) is 5.18. The Kier molecular flexibility index (Phi) is 3.99. The fraction of sp³-hybridized carbons (Fsp3) is 0.250. The zero-order chi connectivity index (χ0) is 12.3. The fourth-order valence-electron chi connectivity index (χ4n) is 1.55. The second-order valence-electron chi connectivity index (χ2n) is 3.74. The van der Waals surface area contributed by atoms with Gasteiger partial charge < -0.3 is 10.0 Å². The lowest BCUT2D eigenvalue weighted by molar-refractivity contribution is 0.281. The molecule has 0 aliphatic heterocycles. The third-order valence-electron chi connectivity index (χ3n) is 2.40. The Balaban J connectivity index is 2.16. The fourth-order valence-corrected chi connectivity index (χ4v) is 2.64. The first kappa shape index (κ1) is 12.4. The summed E-state index contributed by atoms with van der Waals surface area (Å²) in [6, 6.07) is 5.85. The summed E-state index contributed by atoms with van der Waals surface area (Å²) in [6.45, 7) is 0.741. The van der Waals surface area contributed by atoms with E-state index in [4.69, 9.17) is 16.7 Å². The molecule has 0 unspecified atom stereocenters. The molecule has 0 atom stereocenters. The number of aromatic nitrogens is 1. The normalized spacial score (nSPS) is 10.5. The van der Waals surface area contributed by atoms with Crippen LogP contribution in [-0.4, -0.2) is 17.1 Å². The zero-order valence-electron chi connectivity index (χ0n) is 9.43. The Labute approximate surface area is 109 Å². The van der Waals surface area contributed by atoms with E-state index in [0.717, 1.165) is 17.9 Å². The topological polar surface area (TPSA) is 36.4 Å². The van der Waals surface area contributed by atoms with Gasteiger partial charge in [-0.25, -0.2) is 4.98 Å². The number of nitrogens with zero attached hydrogens (tertiary/aromatic N) is 2. The van der Waals surface area contributed by atoms with Gasteiger partial charge in [0, 0.05) is 18.1 Å². The zero-order valence-corrected chi connectivity index (χ0v) is 11.0. The molecular formula is C12H13ClN2OS. The van der Waals surface area contributed by atoms with Crippen molar-refractivity contribution in [3.8, 4) is 0 Å². The summed E-state index contributed by atoms with van der Waals surface area (Å²) in [4.78, 5) is 7.52. The van der Waals surface area contributed by atoms with Gasteiger partial charge >= 0.3 is 0 Å². The molecule has 0 saturated carbocycles. The Morgan fingerprint density at radius 3 is 2.94 bits per heavy atom. The van der Waals surface area contributed by atoms with Crippen molar-refractivity contribution < 1.29 is 5.11 Å². The molecule has 0 aromatic carbocycles. The minimum atomic E-state index is -0.0400. The standard InChI is InChI=1S/C12H13ClN2OS/c1-15(7-10-3-2-4-17-10)12-11(13)5-9(8-16)6-14-12/h2-6,16H,7-8H2,1H3. The van der Waals surface area contributed by atoms with Crippen LogP contribution in [0.2, 0.25) is 5.02 Å². The van der Waals surface area contributed by atoms with E-state index >= 15 is 0 Å². The van der Waals surface area contributed by atoms with E-state index in [1.54, 1.807) is 23.6 Å². The number of thiophene rings is 1. The lowest BCUT2D eigenvalue weighted by atomic mass is 10.3. The lowest BCUT2D eigenvalue weighted by Crippen LogP contribution is -2.17. The van der Waals surface area contributed by atoms with Crippen LogP contribution < -0.4 is 4.90 Å². The van der Waals surface area contributed by atoms with Gasteiger partial charge in [-0.3, -0.25) is 0 Å². The van der Waals surface area contributed by atoms with Gasteiger partial charge in [0.1, 0.15) is 5.82 Å². The molecule has 5 heteroatoms. The number of halogens is 1. The highest BCUT2D eigenvalue weighted by Gasteiger charge is 2.09. The van der Waals surface area contributed by atoms with Gasteiger partial charge in [-0.1, -0.05) is 17.7 Å². The number of hydrogen-bond acceptors (Lipinski definition) is 4. The van der Waals surface area contributed by atoms with Gasteiger partial charge in [0.05, 0.1) is 18.2 Å². The maximum Gasteiger partial charge on any atom is 0.147 e. The number of anilines is 1. The predicted molar refractivity (Wildman–Crippen MR) is 71.6 cm³/mol. The van der Waals surface area contributed by atoms with E-state index in [1.165, 1.54) is 4.88 Å². The van der Waals surface area contributed by atoms with Gasteiger partial charge in [0.25, 0.3) is 0 Å². The predicted octanol–water partition coefficient (Wildman–Crippen LogP) is 2.93. The largest absolute Gasteiger partial charge is 0.392 e. The van der Waals surface area contributed by atoms with Crippen LogP contribution in [0.4, 0.5) is 5.82 Å². The molecule has 0 saturated heterocycles. The van der Waals surface area contributed by atoms with Crippen LogP contribution in [0.25, 0.3) is 0 Å². The average Bonchev–Trinajstić information content (AvgIpc) is 2.81. The van der Waals surface area contributed by atoms with Crippen LogP contribution in [0.3, 0.4) is 0 Å². The average molecular weight is 269 g/mol. The van der Waals surface area contributed by atoms with E-state index in [1.807, 2.05) is 23.4 Å². The molecule has 2 aromatic rings. The number of rotatable bonds is 4. The van der Waals surface area contributed by atoms with Crippen LogP contribution in [0.1, 0.15) is 10.4 Å². The third-order valence-corrected chi connectivity index (χ3v) is 3.53. The first-order valence-electron chi connectivity index (χ1n) is 5.19. The molecular weight excluding hydrogens is 256 g/mol. The first-order valence-corrected chi connectivity index (χ1v) is 6.45. The molecule has 17 heavy (non-hydrogen) atoms. The molecule has 90 valence electrons. The second kappa shape index (κ2) is 5.49. The molecule has 0 fully saturated rings. The van der Waals surface area contributed by atoms with Crippen LogP contribution in [0.5, 0.6) is 0 Å². The van der Waals surface area contributed by atoms with Crippen molar-refractivity contribution in [3.63, 3.8) is 0 Å². The molecule has 2 rings (SSSR count). The van der Waals surface area contributed by atoms with E-state index in [-0.39, 0.29) is 6.61 Å². The molecule has 0 spiro atoms. The summed E-state index contributed by atoms with van der Waals surface area (Å²) in [5, 5.41) is 11.6. The van der Waals surface area contributed by atoms with E-state index in [9.17, 15) is 0 Å². The first-order chi connectivity index (χ1) is 8.20. The maximum absolute atomic E-state index is 8.99. The van der Waals surface area contributed by atoms with Crippen molar-refractivity contribution in [2.24, 2.45) is 0 Å². The van der Waals surface area contributed by atoms with Gasteiger partial charge in [-0.15, -0.1) is 11.3 Å².